The fourth-order valence-corrected chi connectivity index (χ4v) is 10.4. The van der Waals surface area contributed by atoms with E-state index in [1.165, 1.54) is 43.2 Å². The lowest BCUT2D eigenvalue weighted by molar-refractivity contribution is -0.121. The van der Waals surface area contributed by atoms with Gasteiger partial charge in [-0.3, -0.25) is 13.9 Å². The van der Waals surface area contributed by atoms with Gasteiger partial charge in [0.1, 0.15) is 23.6 Å². The number of nitrogens with zero attached hydrogens (tertiary/aromatic N) is 4. The first-order valence-electron chi connectivity index (χ1n) is 22.9. The van der Waals surface area contributed by atoms with Gasteiger partial charge in [-0.15, -0.1) is 0 Å². The summed E-state index contributed by atoms with van der Waals surface area (Å²) in [6, 6.07) is 38.2. The van der Waals surface area contributed by atoms with Crippen LogP contribution >= 0.6 is 11.6 Å². The summed E-state index contributed by atoms with van der Waals surface area (Å²) in [6.45, 7) is -0.170. The van der Waals surface area contributed by atoms with Gasteiger partial charge in [0.15, 0.2) is 0 Å². The van der Waals surface area contributed by atoms with Crippen LogP contribution in [-0.4, -0.2) is 92.0 Å². The van der Waals surface area contributed by atoms with E-state index in [9.17, 15) is 36.0 Å². The summed E-state index contributed by atoms with van der Waals surface area (Å²) in [7, 11) is -3.18. The number of carbonyl (C=O) groups is 4. The Labute approximate surface area is 430 Å². The van der Waals surface area contributed by atoms with Crippen LogP contribution < -0.4 is 43.7 Å². The van der Waals surface area contributed by atoms with Crippen molar-refractivity contribution in [2.24, 2.45) is 0 Å². The molecule has 4 N–H and O–H groups in total. The molecule has 1 aliphatic heterocycles. The van der Waals surface area contributed by atoms with Gasteiger partial charge in [-0.05, 0) is 94.9 Å². The van der Waals surface area contributed by atoms with E-state index in [0.29, 0.717) is 46.0 Å². The van der Waals surface area contributed by atoms with Gasteiger partial charge in [-0.25, -0.2) is 19.0 Å². The average Bonchev–Trinajstić information content (AvgIpc) is 3.39. The number of anilines is 3. The third-order valence-electron chi connectivity index (χ3n) is 12.1. The summed E-state index contributed by atoms with van der Waals surface area (Å²) in [5, 5.41) is 5.32. The van der Waals surface area contributed by atoms with Crippen molar-refractivity contribution in [1.82, 2.24) is 24.4 Å². The monoisotopic (exact) mass is 1050 g/mol. The number of likely N-dealkylation sites (N-methyl/N-ethyl adjacent to an activating group) is 1. The smallest absolute Gasteiger partial charge is 0.330 e. The molecule has 382 valence electrons. The topological polar surface area (TPSA) is 216 Å². The number of rotatable bonds is 19. The Balaban J connectivity index is 1.10. The van der Waals surface area contributed by atoms with Crippen molar-refractivity contribution >= 4 is 73.0 Å². The number of halogens is 1. The van der Waals surface area contributed by atoms with Gasteiger partial charge in [-0.1, -0.05) is 103 Å². The summed E-state index contributed by atoms with van der Waals surface area (Å²) in [6.07, 6.45) is 0.343. The number of fused-ring (bicyclic) bond motifs is 1. The molecule has 18 nitrogen and oxygen atoms in total. The number of hydrogen-bond donors (Lipinski definition) is 4. The molecule has 1 aliphatic rings. The highest BCUT2D eigenvalue weighted by Crippen LogP contribution is 2.28. The van der Waals surface area contributed by atoms with Crippen molar-refractivity contribution in [2.45, 2.75) is 44.4 Å². The summed E-state index contributed by atoms with van der Waals surface area (Å²) >= 11 is 6.26. The highest BCUT2D eigenvalue weighted by atomic mass is 35.5. The van der Waals surface area contributed by atoms with Gasteiger partial charge >= 0.3 is 32.5 Å². The zero-order chi connectivity index (χ0) is 52.3. The largest absolute Gasteiger partial charge is 0.497 e. The van der Waals surface area contributed by atoms with E-state index in [1.54, 1.807) is 128 Å². The van der Waals surface area contributed by atoms with E-state index in [0.717, 1.165) is 19.7 Å². The number of nitrogens with one attached hydrogen (secondary N) is 4. The lowest BCUT2D eigenvalue weighted by atomic mass is 9.98. The van der Waals surface area contributed by atoms with Crippen LogP contribution in [0.3, 0.4) is 0 Å². The normalized spacial score (nSPS) is 13.3. The molecule has 1 heterocycles. The van der Waals surface area contributed by atoms with E-state index in [2.05, 4.69) is 15.4 Å². The Morgan fingerprint density at radius 1 is 0.616 bits per heavy atom. The quantitative estimate of drug-likeness (QED) is 0.0705. The average molecular weight is 1050 g/mol. The van der Waals surface area contributed by atoms with Crippen LogP contribution in [0.25, 0.3) is 0 Å². The highest BCUT2D eigenvalue weighted by Gasteiger charge is 2.33. The standard InChI is InChI=1S/C52H55ClN8O10S2/c1-58(41-21-25-43(70-3)26-22-41)49(62)46(32-36-13-7-5-8-14-36)54-52(65)57-73(68,69)60-30-29-39-20-19-38(31-40(39)35-60)34-61(42-23-27-44(71-4)28-24-42)50(63)47(33-37-15-9-6-10-16-37)55-51(64)56-72(66,67)59(2)48-18-12-11-17-45(48)53/h5-28,31,46-47H,29-30,32-35H2,1-4H3,(H2,54,57,65)(H2,55,56,64)/t46?,47-/m0/s1. The molecule has 0 saturated carbocycles. The fraction of sp³-hybridized carbons (Fsp3) is 0.231. The molecule has 73 heavy (non-hydrogen) atoms. The molecule has 1 unspecified atom stereocenters. The molecular weight excluding hydrogens is 996 g/mol. The predicted molar refractivity (Wildman–Crippen MR) is 280 cm³/mol. The molecule has 0 bridgehead atoms. The Morgan fingerprint density at radius 3 is 1.70 bits per heavy atom. The number of amides is 6. The van der Waals surface area contributed by atoms with Crippen molar-refractivity contribution in [3.05, 3.63) is 184 Å². The number of para-hydroxylation sites is 1. The van der Waals surface area contributed by atoms with Gasteiger partial charge in [0.25, 0.3) is 0 Å². The Kier molecular flexibility index (Phi) is 17.3. The van der Waals surface area contributed by atoms with Crippen LogP contribution in [0.1, 0.15) is 27.8 Å². The zero-order valence-electron chi connectivity index (χ0n) is 40.4. The van der Waals surface area contributed by atoms with Crippen molar-refractivity contribution in [1.29, 1.82) is 0 Å². The molecule has 2 atom stereocenters. The molecule has 21 heteroatoms. The maximum absolute atomic E-state index is 14.9. The van der Waals surface area contributed by atoms with Crippen LogP contribution in [0.15, 0.2) is 152 Å². The summed E-state index contributed by atoms with van der Waals surface area (Å²) in [5.41, 5.74) is 4.51. The third kappa shape index (κ3) is 13.7. The number of ether oxygens (including phenoxy) is 2. The molecule has 0 spiro atoms. The Bertz CT molecular complexity index is 3140. The van der Waals surface area contributed by atoms with E-state index in [1.807, 2.05) is 22.9 Å². The van der Waals surface area contributed by atoms with Crippen LogP contribution in [0, 0.1) is 0 Å². The molecule has 6 aromatic rings. The number of benzene rings is 6. The van der Waals surface area contributed by atoms with E-state index in [-0.39, 0.29) is 43.2 Å². The van der Waals surface area contributed by atoms with Gasteiger partial charge in [0.05, 0.1) is 31.5 Å². The highest BCUT2D eigenvalue weighted by molar-refractivity contribution is 7.91. The van der Waals surface area contributed by atoms with Crippen LogP contribution in [0.4, 0.5) is 26.7 Å². The number of methoxy groups -OCH3 is 2. The predicted octanol–water partition coefficient (Wildman–Crippen LogP) is 6.36. The molecule has 0 aromatic heterocycles. The molecule has 6 aromatic carbocycles. The lowest BCUT2D eigenvalue weighted by Crippen LogP contribution is -2.55. The van der Waals surface area contributed by atoms with E-state index < -0.39 is 56.4 Å². The fourth-order valence-electron chi connectivity index (χ4n) is 8.16. The third-order valence-corrected chi connectivity index (χ3v) is 15.3. The second-order valence-electron chi connectivity index (χ2n) is 17.0. The van der Waals surface area contributed by atoms with Gasteiger partial charge in [0, 0.05) is 51.4 Å². The maximum atomic E-state index is 14.9. The summed E-state index contributed by atoms with van der Waals surface area (Å²) in [5.74, 6) is 0.0163. The molecular formula is C52H55ClN8O10S2. The first-order chi connectivity index (χ1) is 34.9. The Morgan fingerprint density at radius 2 is 1.14 bits per heavy atom. The molecule has 7 rings (SSSR count). The minimum atomic E-state index is -4.52. The van der Waals surface area contributed by atoms with E-state index >= 15 is 0 Å². The van der Waals surface area contributed by atoms with E-state index in [4.69, 9.17) is 21.1 Å². The number of carbonyl (C=O) groups excluding carboxylic acids is 4. The van der Waals surface area contributed by atoms with Crippen LogP contribution in [0.2, 0.25) is 5.02 Å². The molecule has 6 amide bonds. The minimum Gasteiger partial charge on any atom is -0.497 e. The SMILES string of the molecule is COc1ccc(N(C)C(=O)C(Cc2ccccc2)NC(=O)NS(=O)(=O)N2CCc3ccc(CN(C(=O)[C@H](Cc4ccccc4)NC(=O)NS(=O)(=O)N(C)c4ccccc4Cl)c4ccc(OC)cc4)cc3C2)cc1. The van der Waals surface area contributed by atoms with Crippen LogP contribution in [-0.2, 0) is 62.4 Å². The number of urea groups is 2. The molecule has 0 radical (unpaired) electrons. The van der Waals surface area contributed by atoms with Gasteiger partial charge < -0.3 is 29.9 Å². The molecule has 0 saturated heterocycles. The van der Waals surface area contributed by atoms with Crippen molar-refractivity contribution < 1.29 is 45.5 Å². The maximum Gasteiger partial charge on any atom is 0.330 e. The second-order valence-corrected chi connectivity index (χ2v) is 20.7. The first kappa shape index (κ1) is 53.2. The minimum absolute atomic E-state index is 0.0295. The lowest BCUT2D eigenvalue weighted by Gasteiger charge is -2.31. The van der Waals surface area contributed by atoms with Crippen molar-refractivity contribution in [3.63, 3.8) is 0 Å². The van der Waals surface area contributed by atoms with Gasteiger partial charge in [0.2, 0.25) is 11.8 Å². The number of hydrogen-bond acceptors (Lipinski definition) is 10. The zero-order valence-corrected chi connectivity index (χ0v) is 42.8. The van der Waals surface area contributed by atoms with Crippen LogP contribution in [0.5, 0.6) is 11.5 Å². The second kappa shape index (κ2) is 23.7. The van der Waals surface area contributed by atoms with Crippen molar-refractivity contribution in [2.75, 3.05) is 49.0 Å². The van der Waals surface area contributed by atoms with Gasteiger partial charge in [-0.2, -0.15) is 21.1 Å². The Hall–Kier alpha value is -7.65. The summed E-state index contributed by atoms with van der Waals surface area (Å²) < 4.78 is 71.4. The molecule has 0 fully saturated rings. The van der Waals surface area contributed by atoms with Crippen molar-refractivity contribution in [3.8, 4) is 11.5 Å². The summed E-state index contributed by atoms with van der Waals surface area (Å²) in [4.78, 5) is 58.9. The molecule has 0 aliphatic carbocycles. The first-order valence-corrected chi connectivity index (χ1v) is 26.2.